The molecule has 0 bridgehead atoms. The standard InChI is InChI=1S/C25H34N2O3/c1-5-20-10-8-9-18(2)24(20)26-25(28)27-16-7-6-11-21(27)14-12-19-13-15-22(29-3)23(17-19)30-4/h8-10,13,15,17,21H,5-7,11-12,14,16H2,1-4H3,(H,26,28)/t21-/m0/s1. The second kappa shape index (κ2) is 10.4. The van der Waals surface area contributed by atoms with Crippen LogP contribution in [0, 0.1) is 6.92 Å². The van der Waals surface area contributed by atoms with E-state index in [0.29, 0.717) is 0 Å². The molecule has 1 aliphatic rings. The van der Waals surface area contributed by atoms with Gasteiger partial charge >= 0.3 is 6.03 Å². The maximum absolute atomic E-state index is 13.2. The normalized spacial score (nSPS) is 16.3. The van der Waals surface area contributed by atoms with Crippen molar-refractivity contribution in [3.63, 3.8) is 0 Å². The second-order valence-corrected chi connectivity index (χ2v) is 7.96. The van der Waals surface area contributed by atoms with E-state index in [0.717, 1.165) is 61.4 Å². The molecule has 162 valence electrons. The molecule has 0 aromatic heterocycles. The fraction of sp³-hybridized carbons (Fsp3) is 0.480. The summed E-state index contributed by atoms with van der Waals surface area (Å²) >= 11 is 0. The molecule has 1 saturated heterocycles. The summed E-state index contributed by atoms with van der Waals surface area (Å²) in [7, 11) is 3.30. The van der Waals surface area contributed by atoms with Crippen LogP contribution in [-0.2, 0) is 12.8 Å². The lowest BCUT2D eigenvalue weighted by Crippen LogP contribution is -2.46. The molecule has 0 aliphatic carbocycles. The number of carbonyl (C=O) groups is 1. The number of nitrogens with one attached hydrogen (secondary N) is 1. The van der Waals surface area contributed by atoms with Crippen LogP contribution in [0.5, 0.6) is 11.5 Å². The third kappa shape index (κ3) is 5.07. The van der Waals surface area contributed by atoms with Gasteiger partial charge in [-0.05, 0) is 74.3 Å². The lowest BCUT2D eigenvalue weighted by atomic mass is 9.96. The summed E-state index contributed by atoms with van der Waals surface area (Å²) in [5.74, 6) is 1.49. The highest BCUT2D eigenvalue weighted by Gasteiger charge is 2.27. The number of anilines is 1. The van der Waals surface area contributed by atoms with Crippen molar-refractivity contribution in [3.05, 3.63) is 53.1 Å². The number of ether oxygens (including phenoxy) is 2. The molecule has 1 fully saturated rings. The topological polar surface area (TPSA) is 50.8 Å². The van der Waals surface area contributed by atoms with Crippen LogP contribution in [0.25, 0.3) is 0 Å². The number of urea groups is 1. The number of piperidine rings is 1. The summed E-state index contributed by atoms with van der Waals surface area (Å²) in [6.45, 7) is 4.99. The quantitative estimate of drug-likeness (QED) is 0.647. The van der Waals surface area contributed by atoms with Crippen LogP contribution in [0.15, 0.2) is 36.4 Å². The van der Waals surface area contributed by atoms with Crippen LogP contribution in [0.4, 0.5) is 10.5 Å². The molecule has 0 unspecified atom stereocenters. The number of carbonyl (C=O) groups excluding carboxylic acids is 1. The summed E-state index contributed by atoms with van der Waals surface area (Å²) in [6.07, 6.45) is 6.03. The van der Waals surface area contributed by atoms with Gasteiger partial charge in [-0.3, -0.25) is 0 Å². The molecule has 2 aromatic rings. The summed E-state index contributed by atoms with van der Waals surface area (Å²) in [5.41, 5.74) is 4.46. The summed E-state index contributed by atoms with van der Waals surface area (Å²) < 4.78 is 10.8. The summed E-state index contributed by atoms with van der Waals surface area (Å²) in [5, 5.41) is 3.21. The molecular weight excluding hydrogens is 376 g/mol. The van der Waals surface area contributed by atoms with Crippen molar-refractivity contribution in [2.45, 2.75) is 58.4 Å². The van der Waals surface area contributed by atoms with E-state index < -0.39 is 0 Å². The number of likely N-dealkylation sites (tertiary alicyclic amines) is 1. The SMILES string of the molecule is CCc1cccc(C)c1NC(=O)N1CCCC[C@H]1CCc1ccc(OC)c(OC)c1. The number of benzene rings is 2. The zero-order valence-corrected chi connectivity index (χ0v) is 18.7. The van der Waals surface area contributed by atoms with E-state index >= 15 is 0 Å². The van der Waals surface area contributed by atoms with Crippen molar-refractivity contribution in [2.24, 2.45) is 0 Å². The van der Waals surface area contributed by atoms with Gasteiger partial charge in [0.15, 0.2) is 11.5 Å². The first-order valence-electron chi connectivity index (χ1n) is 10.9. The van der Waals surface area contributed by atoms with Crippen LogP contribution >= 0.6 is 0 Å². The fourth-order valence-corrected chi connectivity index (χ4v) is 4.32. The van der Waals surface area contributed by atoms with Crippen molar-refractivity contribution in [2.75, 3.05) is 26.1 Å². The van der Waals surface area contributed by atoms with Gasteiger partial charge in [0, 0.05) is 18.3 Å². The number of hydrogen-bond donors (Lipinski definition) is 1. The van der Waals surface area contributed by atoms with Gasteiger partial charge in [0.05, 0.1) is 14.2 Å². The average molecular weight is 411 g/mol. The van der Waals surface area contributed by atoms with E-state index in [4.69, 9.17) is 9.47 Å². The Labute approximate surface area is 180 Å². The Hall–Kier alpha value is -2.69. The van der Waals surface area contributed by atoms with Gasteiger partial charge in [-0.2, -0.15) is 0 Å². The van der Waals surface area contributed by atoms with E-state index in [1.54, 1.807) is 14.2 Å². The lowest BCUT2D eigenvalue weighted by molar-refractivity contribution is 0.158. The van der Waals surface area contributed by atoms with Gasteiger partial charge in [-0.1, -0.05) is 31.2 Å². The van der Waals surface area contributed by atoms with Crippen molar-refractivity contribution in [3.8, 4) is 11.5 Å². The first kappa shape index (κ1) is 22.0. The number of aryl methyl sites for hydroxylation is 3. The molecule has 1 N–H and O–H groups in total. The van der Waals surface area contributed by atoms with Gasteiger partial charge < -0.3 is 19.7 Å². The van der Waals surface area contributed by atoms with E-state index in [9.17, 15) is 4.79 Å². The van der Waals surface area contributed by atoms with Crippen LogP contribution in [0.1, 0.15) is 49.3 Å². The fourth-order valence-electron chi connectivity index (χ4n) is 4.32. The Bertz CT molecular complexity index is 865. The first-order chi connectivity index (χ1) is 14.6. The largest absolute Gasteiger partial charge is 0.493 e. The molecule has 2 aromatic carbocycles. The lowest BCUT2D eigenvalue weighted by Gasteiger charge is -2.36. The molecule has 5 heteroatoms. The van der Waals surface area contributed by atoms with E-state index in [1.807, 2.05) is 17.0 Å². The van der Waals surface area contributed by atoms with Gasteiger partial charge in [-0.25, -0.2) is 4.79 Å². The van der Waals surface area contributed by atoms with Gasteiger partial charge in [0.25, 0.3) is 0 Å². The predicted molar refractivity (Wildman–Crippen MR) is 122 cm³/mol. The van der Waals surface area contributed by atoms with Crippen LogP contribution in [-0.4, -0.2) is 37.7 Å². The Kier molecular flexibility index (Phi) is 7.61. The molecule has 0 radical (unpaired) electrons. The highest BCUT2D eigenvalue weighted by atomic mass is 16.5. The molecule has 2 amide bonds. The second-order valence-electron chi connectivity index (χ2n) is 7.96. The predicted octanol–water partition coefficient (Wildman–Crippen LogP) is 5.59. The molecule has 0 spiro atoms. The average Bonchev–Trinajstić information content (AvgIpc) is 2.78. The minimum atomic E-state index is 0.0241. The minimum absolute atomic E-state index is 0.0241. The zero-order valence-electron chi connectivity index (χ0n) is 18.7. The monoisotopic (exact) mass is 410 g/mol. The number of hydrogen-bond acceptors (Lipinski definition) is 3. The molecule has 3 rings (SSSR count). The zero-order chi connectivity index (χ0) is 21.5. The summed E-state index contributed by atoms with van der Waals surface area (Å²) in [4.78, 5) is 15.2. The smallest absolute Gasteiger partial charge is 0.322 e. The molecule has 1 heterocycles. The highest BCUT2D eigenvalue weighted by Crippen LogP contribution is 2.30. The maximum atomic E-state index is 13.2. The maximum Gasteiger partial charge on any atom is 0.322 e. The minimum Gasteiger partial charge on any atom is -0.493 e. The van der Waals surface area contributed by atoms with Gasteiger partial charge in [-0.15, -0.1) is 0 Å². The molecule has 1 aliphatic heterocycles. The number of rotatable bonds is 7. The molecular formula is C25H34N2O3. The van der Waals surface area contributed by atoms with Crippen molar-refractivity contribution >= 4 is 11.7 Å². The van der Waals surface area contributed by atoms with Gasteiger partial charge in [0.2, 0.25) is 0 Å². The Morgan fingerprint density at radius 1 is 1.13 bits per heavy atom. The van der Waals surface area contributed by atoms with Crippen molar-refractivity contribution in [1.82, 2.24) is 4.90 Å². The highest BCUT2D eigenvalue weighted by molar-refractivity contribution is 5.91. The molecule has 30 heavy (non-hydrogen) atoms. The number of nitrogens with zero attached hydrogens (tertiary/aromatic N) is 1. The Balaban J connectivity index is 1.69. The molecule has 5 nitrogen and oxygen atoms in total. The Morgan fingerprint density at radius 2 is 1.93 bits per heavy atom. The van der Waals surface area contributed by atoms with Crippen molar-refractivity contribution in [1.29, 1.82) is 0 Å². The number of amides is 2. The van der Waals surface area contributed by atoms with E-state index in [2.05, 4.69) is 43.4 Å². The van der Waals surface area contributed by atoms with Gasteiger partial charge in [0.1, 0.15) is 0 Å². The van der Waals surface area contributed by atoms with E-state index in [1.165, 1.54) is 17.5 Å². The first-order valence-corrected chi connectivity index (χ1v) is 10.9. The van der Waals surface area contributed by atoms with E-state index in [-0.39, 0.29) is 12.1 Å². The van der Waals surface area contributed by atoms with Crippen LogP contribution in [0.3, 0.4) is 0 Å². The third-order valence-corrected chi connectivity index (χ3v) is 6.07. The Morgan fingerprint density at radius 3 is 2.67 bits per heavy atom. The molecule has 1 atom stereocenters. The summed E-state index contributed by atoms with van der Waals surface area (Å²) in [6, 6.07) is 12.5. The van der Waals surface area contributed by atoms with Crippen LogP contribution in [0.2, 0.25) is 0 Å². The molecule has 0 saturated carbocycles. The third-order valence-electron chi connectivity index (χ3n) is 6.07. The number of methoxy groups -OCH3 is 2. The van der Waals surface area contributed by atoms with Crippen molar-refractivity contribution < 1.29 is 14.3 Å². The van der Waals surface area contributed by atoms with Crippen LogP contribution < -0.4 is 14.8 Å². The number of para-hydroxylation sites is 1.